The lowest BCUT2D eigenvalue weighted by Gasteiger charge is -2.08. The summed E-state index contributed by atoms with van der Waals surface area (Å²) in [5.74, 6) is 0.328. The molecule has 0 unspecified atom stereocenters. The van der Waals surface area contributed by atoms with Crippen molar-refractivity contribution in [2.75, 3.05) is 0 Å². The number of rotatable bonds is 3. The Hall–Kier alpha value is -1.56. The van der Waals surface area contributed by atoms with Gasteiger partial charge in [0.1, 0.15) is 11.6 Å². The molecule has 72 valence electrons. The predicted octanol–water partition coefficient (Wildman–Crippen LogP) is 2.43. The van der Waals surface area contributed by atoms with E-state index in [2.05, 4.69) is 0 Å². The molecule has 2 rings (SSSR count). The second-order valence-corrected chi connectivity index (χ2v) is 3.40. The zero-order chi connectivity index (χ0) is 9.97. The maximum Gasteiger partial charge on any atom is 0.124 e. The molecule has 0 aromatic heterocycles. The Labute approximate surface area is 81.9 Å². The maximum atomic E-state index is 12.9. The minimum atomic E-state index is -0.321. The van der Waals surface area contributed by atoms with Crippen LogP contribution in [-0.4, -0.2) is 6.10 Å². The Morgan fingerprint density at radius 3 is 2.93 bits per heavy atom. The van der Waals surface area contributed by atoms with Crippen LogP contribution in [0.2, 0.25) is 0 Å². The molecule has 2 nitrogen and oxygen atoms in total. The lowest BCUT2D eigenvalue weighted by Crippen LogP contribution is -1.99. The molecule has 1 aromatic rings. The number of halogens is 1. The molecule has 3 heteroatoms. The summed E-state index contributed by atoms with van der Waals surface area (Å²) in [7, 11) is 0. The van der Waals surface area contributed by atoms with Crippen molar-refractivity contribution in [2.45, 2.75) is 25.4 Å². The Kier molecular flexibility index (Phi) is 2.36. The summed E-state index contributed by atoms with van der Waals surface area (Å²) in [4.78, 5) is 0. The van der Waals surface area contributed by atoms with E-state index in [0.29, 0.717) is 11.3 Å². The van der Waals surface area contributed by atoms with Crippen molar-refractivity contribution in [2.24, 2.45) is 0 Å². The smallest absolute Gasteiger partial charge is 0.124 e. The lowest BCUT2D eigenvalue weighted by molar-refractivity contribution is 0.300. The zero-order valence-electron chi connectivity index (χ0n) is 7.66. The predicted molar refractivity (Wildman–Crippen MR) is 49.4 cm³/mol. The summed E-state index contributed by atoms with van der Waals surface area (Å²) in [6.07, 6.45) is 2.59. The molecule has 1 aromatic carbocycles. The second-order valence-electron chi connectivity index (χ2n) is 3.40. The Morgan fingerprint density at radius 2 is 2.29 bits per heavy atom. The van der Waals surface area contributed by atoms with Crippen LogP contribution < -0.4 is 4.74 Å². The van der Waals surface area contributed by atoms with Gasteiger partial charge in [-0.05, 0) is 31.0 Å². The van der Waals surface area contributed by atoms with Gasteiger partial charge in [0, 0.05) is 5.56 Å². The van der Waals surface area contributed by atoms with Crippen LogP contribution in [0.4, 0.5) is 4.39 Å². The van der Waals surface area contributed by atoms with E-state index in [4.69, 9.17) is 10.00 Å². The number of benzene rings is 1. The molecule has 0 saturated heterocycles. The zero-order valence-corrected chi connectivity index (χ0v) is 7.66. The first-order valence-electron chi connectivity index (χ1n) is 4.61. The minimum Gasteiger partial charge on any atom is -0.490 e. The molecule has 1 saturated carbocycles. The molecular formula is C11H10FNO. The van der Waals surface area contributed by atoms with E-state index in [9.17, 15) is 4.39 Å². The average molecular weight is 191 g/mol. The van der Waals surface area contributed by atoms with Crippen LogP contribution >= 0.6 is 0 Å². The highest BCUT2D eigenvalue weighted by Gasteiger charge is 2.24. The minimum absolute atomic E-state index is 0.194. The number of hydrogen-bond acceptors (Lipinski definition) is 2. The lowest BCUT2D eigenvalue weighted by atomic mass is 10.1. The van der Waals surface area contributed by atoms with E-state index < -0.39 is 0 Å². The van der Waals surface area contributed by atoms with Gasteiger partial charge in [0.25, 0.3) is 0 Å². The third kappa shape index (κ3) is 2.02. The highest BCUT2D eigenvalue weighted by Crippen LogP contribution is 2.29. The standard InChI is InChI=1S/C11H10FNO/c12-9-1-4-11(14-10-2-3-10)8(7-9)5-6-13/h1,4,7,10H,2-3,5H2. The van der Waals surface area contributed by atoms with Crippen molar-refractivity contribution in [3.63, 3.8) is 0 Å². The molecular weight excluding hydrogens is 181 g/mol. The normalized spacial score (nSPS) is 14.9. The highest BCUT2D eigenvalue weighted by molar-refractivity contribution is 5.36. The summed E-state index contributed by atoms with van der Waals surface area (Å²) in [5.41, 5.74) is 0.638. The highest BCUT2D eigenvalue weighted by atomic mass is 19.1. The van der Waals surface area contributed by atoms with Crippen molar-refractivity contribution in [3.8, 4) is 11.8 Å². The summed E-state index contributed by atoms with van der Waals surface area (Å²) in [5, 5.41) is 8.56. The van der Waals surface area contributed by atoms with Crippen LogP contribution in [0.15, 0.2) is 18.2 Å². The van der Waals surface area contributed by atoms with Gasteiger partial charge < -0.3 is 4.74 Å². The largest absolute Gasteiger partial charge is 0.490 e. The molecule has 1 fully saturated rings. The molecule has 14 heavy (non-hydrogen) atoms. The first kappa shape index (κ1) is 9.01. The summed E-state index contributed by atoms with van der Waals surface area (Å²) >= 11 is 0. The van der Waals surface area contributed by atoms with Gasteiger partial charge in [-0.3, -0.25) is 0 Å². The molecule has 0 spiro atoms. The van der Waals surface area contributed by atoms with E-state index in [1.165, 1.54) is 12.1 Å². The maximum absolute atomic E-state index is 12.9. The van der Waals surface area contributed by atoms with Crippen molar-refractivity contribution in [3.05, 3.63) is 29.6 Å². The van der Waals surface area contributed by atoms with Gasteiger partial charge >= 0.3 is 0 Å². The fraction of sp³-hybridized carbons (Fsp3) is 0.364. The first-order chi connectivity index (χ1) is 6.79. The quantitative estimate of drug-likeness (QED) is 0.735. The van der Waals surface area contributed by atoms with Crippen molar-refractivity contribution in [1.29, 1.82) is 5.26 Å². The van der Waals surface area contributed by atoms with E-state index in [1.807, 2.05) is 6.07 Å². The monoisotopic (exact) mass is 191 g/mol. The van der Waals surface area contributed by atoms with Crippen LogP contribution in [0.1, 0.15) is 18.4 Å². The molecule has 0 bridgehead atoms. The van der Waals surface area contributed by atoms with E-state index in [1.54, 1.807) is 6.07 Å². The van der Waals surface area contributed by atoms with Gasteiger partial charge in [0.15, 0.2) is 0 Å². The van der Waals surface area contributed by atoms with Gasteiger partial charge in [-0.2, -0.15) is 5.26 Å². The molecule has 0 atom stereocenters. The Bertz CT molecular complexity index is 379. The number of hydrogen-bond donors (Lipinski definition) is 0. The molecule has 1 aliphatic carbocycles. The van der Waals surface area contributed by atoms with Crippen LogP contribution in [0.5, 0.6) is 5.75 Å². The van der Waals surface area contributed by atoms with Gasteiger partial charge in [-0.1, -0.05) is 0 Å². The molecule has 0 radical (unpaired) electrons. The van der Waals surface area contributed by atoms with E-state index in [-0.39, 0.29) is 18.3 Å². The van der Waals surface area contributed by atoms with Gasteiger partial charge in [0.2, 0.25) is 0 Å². The molecule has 0 aliphatic heterocycles. The number of nitrogens with zero attached hydrogens (tertiary/aromatic N) is 1. The number of ether oxygens (including phenoxy) is 1. The fourth-order valence-corrected chi connectivity index (χ4v) is 1.25. The van der Waals surface area contributed by atoms with E-state index in [0.717, 1.165) is 12.8 Å². The Balaban J connectivity index is 2.22. The van der Waals surface area contributed by atoms with Crippen LogP contribution in [0.25, 0.3) is 0 Å². The van der Waals surface area contributed by atoms with E-state index >= 15 is 0 Å². The van der Waals surface area contributed by atoms with Crippen molar-refractivity contribution >= 4 is 0 Å². The molecule has 1 aliphatic rings. The Morgan fingerprint density at radius 1 is 1.50 bits per heavy atom. The molecule has 0 amide bonds. The van der Waals surface area contributed by atoms with Gasteiger partial charge in [0.05, 0.1) is 18.6 Å². The molecule has 0 heterocycles. The van der Waals surface area contributed by atoms with Crippen molar-refractivity contribution < 1.29 is 9.13 Å². The summed E-state index contributed by atoms with van der Waals surface area (Å²) < 4.78 is 18.4. The first-order valence-corrected chi connectivity index (χ1v) is 4.61. The van der Waals surface area contributed by atoms with Crippen LogP contribution in [0.3, 0.4) is 0 Å². The summed E-state index contributed by atoms with van der Waals surface area (Å²) in [6, 6.07) is 6.32. The van der Waals surface area contributed by atoms with Crippen LogP contribution in [0, 0.1) is 17.1 Å². The van der Waals surface area contributed by atoms with Crippen LogP contribution in [-0.2, 0) is 6.42 Å². The molecule has 0 N–H and O–H groups in total. The fourth-order valence-electron chi connectivity index (χ4n) is 1.25. The van der Waals surface area contributed by atoms with Crippen molar-refractivity contribution in [1.82, 2.24) is 0 Å². The van der Waals surface area contributed by atoms with Gasteiger partial charge in [-0.25, -0.2) is 4.39 Å². The average Bonchev–Trinajstić information content (AvgIpc) is 2.94. The van der Waals surface area contributed by atoms with Gasteiger partial charge in [-0.15, -0.1) is 0 Å². The topological polar surface area (TPSA) is 33.0 Å². The summed E-state index contributed by atoms with van der Waals surface area (Å²) in [6.45, 7) is 0. The third-order valence-electron chi connectivity index (χ3n) is 2.11. The third-order valence-corrected chi connectivity index (χ3v) is 2.11. The second kappa shape index (κ2) is 3.67. The SMILES string of the molecule is N#CCc1cc(F)ccc1OC1CC1. The number of nitriles is 1.